The zero-order valence-corrected chi connectivity index (χ0v) is 17.3. The van der Waals surface area contributed by atoms with Gasteiger partial charge in [0.05, 0.1) is 22.0 Å². The molecule has 4 nitrogen and oxygen atoms in total. The Morgan fingerprint density at radius 3 is 2.72 bits per heavy atom. The molecule has 0 fully saturated rings. The van der Waals surface area contributed by atoms with Gasteiger partial charge in [-0.3, -0.25) is 9.88 Å². The summed E-state index contributed by atoms with van der Waals surface area (Å²) in [5, 5.41) is 2.80. The topological polar surface area (TPSA) is 41.9 Å². The summed E-state index contributed by atoms with van der Waals surface area (Å²) < 4.78 is 0. The molecule has 0 bridgehead atoms. The van der Waals surface area contributed by atoms with Crippen LogP contribution in [0, 0.1) is 0 Å². The monoisotopic (exact) mass is 418 g/mol. The van der Waals surface area contributed by atoms with E-state index in [-0.39, 0.29) is 0 Å². The Labute approximate surface area is 178 Å². The highest BCUT2D eigenvalue weighted by atomic mass is 35.5. The molecule has 0 amide bonds. The summed E-state index contributed by atoms with van der Waals surface area (Å²) in [6.07, 6.45) is 2.92. The van der Waals surface area contributed by atoms with Crippen molar-refractivity contribution >= 4 is 22.9 Å². The maximum atomic E-state index is 6.00. The van der Waals surface area contributed by atoms with Crippen molar-refractivity contribution in [3.05, 3.63) is 88.1 Å². The summed E-state index contributed by atoms with van der Waals surface area (Å²) in [5.41, 5.74) is 5.50. The van der Waals surface area contributed by atoms with Gasteiger partial charge in [-0.05, 0) is 35.7 Å². The van der Waals surface area contributed by atoms with E-state index in [4.69, 9.17) is 21.6 Å². The highest BCUT2D eigenvalue weighted by Crippen LogP contribution is 2.25. The van der Waals surface area contributed by atoms with Crippen LogP contribution in [0.15, 0.2) is 66.2 Å². The summed E-state index contributed by atoms with van der Waals surface area (Å²) in [4.78, 5) is 17.8. The Balaban J connectivity index is 1.31. The lowest BCUT2D eigenvalue weighted by Gasteiger charge is -2.27. The van der Waals surface area contributed by atoms with E-state index < -0.39 is 0 Å². The first kappa shape index (κ1) is 18.4. The van der Waals surface area contributed by atoms with Crippen molar-refractivity contribution in [2.24, 2.45) is 0 Å². The third-order valence-electron chi connectivity index (χ3n) is 5.09. The second-order valence-electron chi connectivity index (χ2n) is 7.12. The lowest BCUT2D eigenvalue weighted by Crippen LogP contribution is -2.31. The first-order valence-corrected chi connectivity index (χ1v) is 10.8. The summed E-state index contributed by atoms with van der Waals surface area (Å²) in [6, 6.07) is 18.1. The molecule has 4 heterocycles. The largest absolute Gasteiger partial charge is 0.293 e. The van der Waals surface area contributed by atoms with Gasteiger partial charge in [-0.1, -0.05) is 35.9 Å². The van der Waals surface area contributed by atoms with Crippen molar-refractivity contribution in [2.75, 3.05) is 6.54 Å². The van der Waals surface area contributed by atoms with Crippen LogP contribution in [0.3, 0.4) is 0 Å². The van der Waals surface area contributed by atoms with Gasteiger partial charge < -0.3 is 0 Å². The molecule has 1 aliphatic rings. The number of hydrogen-bond acceptors (Lipinski definition) is 5. The molecule has 144 valence electrons. The molecule has 0 radical (unpaired) electrons. The average molecular weight is 419 g/mol. The van der Waals surface area contributed by atoms with Crippen molar-refractivity contribution in [3.8, 4) is 22.0 Å². The van der Waals surface area contributed by atoms with Gasteiger partial charge in [0.15, 0.2) is 5.82 Å². The van der Waals surface area contributed by atoms with E-state index >= 15 is 0 Å². The van der Waals surface area contributed by atoms with Crippen LogP contribution >= 0.6 is 22.9 Å². The van der Waals surface area contributed by atoms with Crippen molar-refractivity contribution in [2.45, 2.75) is 19.5 Å². The molecule has 0 atom stereocenters. The van der Waals surface area contributed by atoms with Gasteiger partial charge in [-0.2, -0.15) is 0 Å². The van der Waals surface area contributed by atoms with Crippen LogP contribution in [0.2, 0.25) is 5.02 Å². The number of nitrogens with zero attached hydrogens (tertiary/aromatic N) is 4. The highest BCUT2D eigenvalue weighted by Gasteiger charge is 2.19. The van der Waals surface area contributed by atoms with Crippen molar-refractivity contribution in [1.82, 2.24) is 19.9 Å². The molecular formula is C23H19ClN4S. The lowest BCUT2D eigenvalue weighted by atomic mass is 10.1. The standard InChI is InChI=1S/C23H19ClN4S/c24-18-8-6-16(7-9-18)20-4-1-3-19(26-20)15-28-11-10-21-17(14-28)13-25-23(27-21)22-5-2-12-29-22/h1-9,12-13H,10-11,14-15H2. The van der Waals surface area contributed by atoms with Crippen LogP contribution in [0.5, 0.6) is 0 Å². The second-order valence-corrected chi connectivity index (χ2v) is 8.51. The van der Waals surface area contributed by atoms with Gasteiger partial charge in [0, 0.05) is 48.4 Å². The average Bonchev–Trinajstić information content (AvgIpc) is 3.29. The number of halogens is 1. The predicted molar refractivity (Wildman–Crippen MR) is 118 cm³/mol. The molecule has 0 spiro atoms. The Bertz CT molecular complexity index is 1130. The number of rotatable bonds is 4. The smallest absolute Gasteiger partial charge is 0.169 e. The fraction of sp³-hybridized carbons (Fsp3) is 0.174. The molecule has 29 heavy (non-hydrogen) atoms. The molecule has 0 N–H and O–H groups in total. The fourth-order valence-electron chi connectivity index (χ4n) is 3.61. The fourth-order valence-corrected chi connectivity index (χ4v) is 4.40. The zero-order valence-electron chi connectivity index (χ0n) is 15.8. The van der Waals surface area contributed by atoms with Gasteiger partial charge in [-0.15, -0.1) is 11.3 Å². The van der Waals surface area contributed by atoms with E-state index in [0.29, 0.717) is 0 Å². The molecule has 6 heteroatoms. The zero-order chi connectivity index (χ0) is 19.6. The molecular weight excluding hydrogens is 400 g/mol. The summed E-state index contributed by atoms with van der Waals surface area (Å²) in [6.45, 7) is 2.64. The van der Waals surface area contributed by atoms with Crippen LogP contribution in [-0.4, -0.2) is 26.4 Å². The number of fused-ring (bicyclic) bond motifs is 1. The molecule has 0 aliphatic carbocycles. The molecule has 3 aromatic heterocycles. The van der Waals surface area contributed by atoms with Gasteiger partial charge in [0.1, 0.15) is 0 Å². The highest BCUT2D eigenvalue weighted by molar-refractivity contribution is 7.13. The lowest BCUT2D eigenvalue weighted by molar-refractivity contribution is 0.240. The minimum atomic E-state index is 0.737. The first-order chi connectivity index (χ1) is 14.2. The Hall–Kier alpha value is -2.60. The van der Waals surface area contributed by atoms with Crippen molar-refractivity contribution in [3.63, 3.8) is 0 Å². The Morgan fingerprint density at radius 2 is 1.90 bits per heavy atom. The van der Waals surface area contributed by atoms with E-state index in [0.717, 1.165) is 58.7 Å². The van der Waals surface area contributed by atoms with Gasteiger partial charge in [0.2, 0.25) is 0 Å². The van der Waals surface area contributed by atoms with Crippen molar-refractivity contribution in [1.29, 1.82) is 0 Å². The Kier molecular flexibility index (Phi) is 5.10. The molecule has 1 aliphatic heterocycles. The van der Waals surface area contributed by atoms with E-state index in [1.165, 1.54) is 11.3 Å². The van der Waals surface area contributed by atoms with Crippen LogP contribution in [0.4, 0.5) is 0 Å². The van der Waals surface area contributed by atoms with E-state index in [1.807, 2.05) is 42.6 Å². The van der Waals surface area contributed by atoms with Gasteiger partial charge in [-0.25, -0.2) is 9.97 Å². The third-order valence-corrected chi connectivity index (χ3v) is 6.20. The van der Waals surface area contributed by atoms with Crippen LogP contribution in [-0.2, 0) is 19.5 Å². The number of thiophene rings is 1. The minimum Gasteiger partial charge on any atom is -0.293 e. The third kappa shape index (κ3) is 4.08. The summed E-state index contributed by atoms with van der Waals surface area (Å²) >= 11 is 7.68. The number of aromatic nitrogens is 3. The SMILES string of the molecule is Clc1ccc(-c2cccc(CN3CCc4nc(-c5cccs5)ncc4C3)n2)cc1. The second kappa shape index (κ2) is 8.03. The molecule has 0 saturated heterocycles. The minimum absolute atomic E-state index is 0.737. The molecule has 1 aromatic carbocycles. The van der Waals surface area contributed by atoms with Crippen LogP contribution in [0.25, 0.3) is 22.0 Å². The van der Waals surface area contributed by atoms with Gasteiger partial charge >= 0.3 is 0 Å². The van der Waals surface area contributed by atoms with E-state index in [1.54, 1.807) is 11.3 Å². The summed E-state index contributed by atoms with van der Waals surface area (Å²) in [5.74, 6) is 0.838. The van der Waals surface area contributed by atoms with Crippen LogP contribution in [0.1, 0.15) is 17.0 Å². The molecule has 5 rings (SSSR count). The molecule has 0 unspecified atom stereocenters. The quantitative estimate of drug-likeness (QED) is 0.440. The maximum Gasteiger partial charge on any atom is 0.169 e. The maximum absolute atomic E-state index is 6.00. The normalized spacial score (nSPS) is 14.0. The first-order valence-electron chi connectivity index (χ1n) is 9.57. The predicted octanol–water partition coefficient (Wildman–Crippen LogP) is 5.48. The van der Waals surface area contributed by atoms with Gasteiger partial charge in [0.25, 0.3) is 0 Å². The van der Waals surface area contributed by atoms with Crippen LogP contribution < -0.4 is 0 Å². The van der Waals surface area contributed by atoms with E-state index in [2.05, 4.69) is 33.5 Å². The molecule has 4 aromatic rings. The van der Waals surface area contributed by atoms with Crippen molar-refractivity contribution < 1.29 is 0 Å². The number of benzene rings is 1. The van der Waals surface area contributed by atoms with E-state index in [9.17, 15) is 0 Å². The summed E-state index contributed by atoms with van der Waals surface area (Å²) in [7, 11) is 0. The Morgan fingerprint density at radius 1 is 1.00 bits per heavy atom. The number of hydrogen-bond donors (Lipinski definition) is 0. The molecule has 0 saturated carbocycles. The number of pyridine rings is 1.